The molecule has 1 aliphatic rings. The second-order valence-corrected chi connectivity index (χ2v) is 5.39. The Labute approximate surface area is 130 Å². The van der Waals surface area contributed by atoms with Gasteiger partial charge in [0.25, 0.3) is 0 Å². The number of hydrogen-bond acceptors (Lipinski definition) is 4. The summed E-state index contributed by atoms with van der Waals surface area (Å²) in [5.41, 5.74) is 2.74. The average molecular weight is 297 g/mol. The molecule has 1 N–H and O–H groups in total. The molecule has 0 radical (unpaired) electrons. The number of nitrogens with one attached hydrogen (secondary N) is 1. The van der Waals surface area contributed by atoms with Crippen LogP contribution in [0.1, 0.15) is 34.5 Å². The number of Topliss-reactive ketones (excluding diaryl/α,β-unsaturated/α-hetero) is 1. The molecular formula is C18H19NO3. The summed E-state index contributed by atoms with van der Waals surface area (Å²) >= 11 is 0. The van der Waals surface area contributed by atoms with Crippen LogP contribution in [0, 0.1) is 0 Å². The maximum atomic E-state index is 12.5. The molecule has 1 heterocycles. The van der Waals surface area contributed by atoms with E-state index in [-0.39, 0.29) is 17.9 Å². The minimum Gasteiger partial charge on any atom is -0.493 e. The molecule has 2 aromatic rings. The third kappa shape index (κ3) is 2.35. The number of rotatable bonds is 3. The second-order valence-electron chi connectivity index (χ2n) is 5.39. The molecule has 4 nitrogen and oxygen atoms in total. The number of carbonyl (C=O) groups excluding carboxylic acids is 1. The summed E-state index contributed by atoms with van der Waals surface area (Å²) in [7, 11) is 3.18. The van der Waals surface area contributed by atoms with E-state index in [2.05, 4.69) is 17.4 Å². The molecule has 0 saturated heterocycles. The van der Waals surface area contributed by atoms with Gasteiger partial charge < -0.3 is 9.47 Å². The van der Waals surface area contributed by atoms with Gasteiger partial charge in [0.05, 0.1) is 26.3 Å². The quantitative estimate of drug-likeness (QED) is 0.946. The smallest absolute Gasteiger partial charge is 0.179 e. The topological polar surface area (TPSA) is 47.6 Å². The van der Waals surface area contributed by atoms with E-state index in [4.69, 9.17) is 9.47 Å². The Morgan fingerprint density at radius 2 is 1.64 bits per heavy atom. The lowest BCUT2D eigenvalue weighted by Crippen LogP contribution is -2.42. The van der Waals surface area contributed by atoms with Gasteiger partial charge in [0.1, 0.15) is 0 Å². The molecular weight excluding hydrogens is 278 g/mol. The lowest BCUT2D eigenvalue weighted by atomic mass is 9.86. The van der Waals surface area contributed by atoms with Crippen LogP contribution in [0.5, 0.6) is 11.5 Å². The zero-order valence-corrected chi connectivity index (χ0v) is 12.9. The van der Waals surface area contributed by atoms with Crippen LogP contribution in [0.3, 0.4) is 0 Å². The molecule has 22 heavy (non-hydrogen) atoms. The van der Waals surface area contributed by atoms with E-state index in [0.717, 1.165) is 11.1 Å². The Kier molecular flexibility index (Phi) is 3.86. The Morgan fingerprint density at radius 1 is 1.00 bits per heavy atom. The van der Waals surface area contributed by atoms with Crippen LogP contribution in [0.2, 0.25) is 0 Å². The highest BCUT2D eigenvalue weighted by atomic mass is 16.5. The Balaban J connectivity index is 2.18. The molecule has 1 aliphatic heterocycles. The van der Waals surface area contributed by atoms with Gasteiger partial charge in [0, 0.05) is 5.56 Å². The zero-order chi connectivity index (χ0) is 15.7. The molecule has 0 bridgehead atoms. The van der Waals surface area contributed by atoms with Gasteiger partial charge in [-0.15, -0.1) is 0 Å². The maximum Gasteiger partial charge on any atom is 0.179 e. The second kappa shape index (κ2) is 5.81. The molecule has 0 amide bonds. The fourth-order valence-corrected chi connectivity index (χ4v) is 2.92. The highest BCUT2D eigenvalue weighted by molar-refractivity contribution is 6.03. The minimum atomic E-state index is -0.240. The van der Waals surface area contributed by atoms with E-state index in [1.807, 2.05) is 31.2 Å². The van der Waals surface area contributed by atoms with Crippen molar-refractivity contribution in [3.05, 3.63) is 59.2 Å². The predicted molar refractivity (Wildman–Crippen MR) is 84.8 cm³/mol. The van der Waals surface area contributed by atoms with Crippen LogP contribution in [0.25, 0.3) is 0 Å². The number of hydrogen-bond donors (Lipinski definition) is 1. The molecule has 2 unspecified atom stereocenters. The lowest BCUT2D eigenvalue weighted by molar-refractivity contribution is 0.0933. The van der Waals surface area contributed by atoms with Crippen LogP contribution in [0.4, 0.5) is 0 Å². The van der Waals surface area contributed by atoms with Crippen molar-refractivity contribution >= 4 is 5.78 Å². The van der Waals surface area contributed by atoms with Crippen molar-refractivity contribution in [1.82, 2.24) is 5.32 Å². The van der Waals surface area contributed by atoms with Crippen molar-refractivity contribution in [3.8, 4) is 11.5 Å². The third-order valence-electron chi connectivity index (χ3n) is 4.08. The largest absolute Gasteiger partial charge is 0.493 e. The van der Waals surface area contributed by atoms with Gasteiger partial charge in [0.2, 0.25) is 0 Å². The fourth-order valence-electron chi connectivity index (χ4n) is 2.92. The summed E-state index contributed by atoms with van der Waals surface area (Å²) in [5.74, 6) is 1.28. The van der Waals surface area contributed by atoms with Gasteiger partial charge in [0.15, 0.2) is 17.3 Å². The molecule has 2 aromatic carbocycles. The zero-order valence-electron chi connectivity index (χ0n) is 12.9. The first-order valence-electron chi connectivity index (χ1n) is 7.26. The molecule has 0 aliphatic carbocycles. The molecule has 4 heteroatoms. The number of ether oxygens (including phenoxy) is 2. The van der Waals surface area contributed by atoms with Crippen molar-refractivity contribution in [2.75, 3.05) is 14.2 Å². The van der Waals surface area contributed by atoms with Crippen LogP contribution >= 0.6 is 0 Å². The highest BCUT2D eigenvalue weighted by Gasteiger charge is 2.32. The van der Waals surface area contributed by atoms with Gasteiger partial charge in [-0.05, 0) is 30.2 Å². The van der Waals surface area contributed by atoms with E-state index in [0.29, 0.717) is 17.1 Å². The third-order valence-corrected chi connectivity index (χ3v) is 4.08. The first-order chi connectivity index (χ1) is 10.7. The number of fused-ring (bicyclic) bond motifs is 1. The summed E-state index contributed by atoms with van der Waals surface area (Å²) < 4.78 is 10.7. The summed E-state index contributed by atoms with van der Waals surface area (Å²) in [4.78, 5) is 12.5. The Bertz CT molecular complexity index is 697. The summed E-state index contributed by atoms with van der Waals surface area (Å²) in [6, 6.07) is 13.5. The predicted octanol–water partition coefficient (Wildman–Crippen LogP) is 2.97. The monoisotopic (exact) mass is 297 g/mol. The van der Waals surface area contributed by atoms with E-state index in [9.17, 15) is 4.79 Å². The van der Waals surface area contributed by atoms with Crippen molar-refractivity contribution in [3.63, 3.8) is 0 Å². The van der Waals surface area contributed by atoms with E-state index in [1.54, 1.807) is 20.3 Å². The van der Waals surface area contributed by atoms with Crippen molar-refractivity contribution in [2.24, 2.45) is 0 Å². The van der Waals surface area contributed by atoms with Gasteiger partial charge >= 0.3 is 0 Å². The standard InChI is InChI=1S/C18H19NO3/c1-11-18(20)14-10-16(22-3)15(21-2)9-13(14)17(19-11)12-7-5-4-6-8-12/h4-11,17,19H,1-3H3. The van der Waals surface area contributed by atoms with E-state index < -0.39 is 0 Å². The summed E-state index contributed by atoms with van der Waals surface area (Å²) in [5, 5.41) is 3.38. The first-order valence-corrected chi connectivity index (χ1v) is 7.26. The highest BCUT2D eigenvalue weighted by Crippen LogP contribution is 2.38. The van der Waals surface area contributed by atoms with Crippen LogP contribution in [-0.2, 0) is 0 Å². The lowest BCUT2D eigenvalue weighted by Gasteiger charge is -2.31. The SMILES string of the molecule is COc1cc2c(cc1OC)C(c1ccccc1)NC(C)C2=O. The minimum absolute atomic E-state index is 0.0382. The molecule has 0 aromatic heterocycles. The molecule has 114 valence electrons. The van der Waals surface area contributed by atoms with Gasteiger partial charge in [-0.2, -0.15) is 0 Å². The average Bonchev–Trinajstić information content (AvgIpc) is 2.57. The van der Waals surface area contributed by atoms with E-state index in [1.165, 1.54) is 0 Å². The number of carbonyl (C=O) groups is 1. The van der Waals surface area contributed by atoms with Gasteiger partial charge in [-0.25, -0.2) is 0 Å². The normalized spacial score (nSPS) is 20.4. The summed E-state index contributed by atoms with van der Waals surface area (Å²) in [6.07, 6.45) is 0. The van der Waals surface area contributed by atoms with Gasteiger partial charge in [-0.3, -0.25) is 10.1 Å². The molecule has 2 atom stereocenters. The van der Waals surface area contributed by atoms with Crippen molar-refractivity contribution in [2.45, 2.75) is 19.0 Å². The van der Waals surface area contributed by atoms with Crippen LogP contribution < -0.4 is 14.8 Å². The Morgan fingerprint density at radius 3 is 2.27 bits per heavy atom. The molecule has 0 fully saturated rings. The van der Waals surface area contributed by atoms with Crippen molar-refractivity contribution in [1.29, 1.82) is 0 Å². The number of benzene rings is 2. The molecule has 3 rings (SSSR count). The molecule has 0 saturated carbocycles. The van der Waals surface area contributed by atoms with Crippen LogP contribution in [0.15, 0.2) is 42.5 Å². The summed E-state index contributed by atoms with van der Waals surface area (Å²) in [6.45, 7) is 1.89. The first kappa shape index (κ1) is 14.6. The van der Waals surface area contributed by atoms with Crippen LogP contribution in [-0.4, -0.2) is 26.0 Å². The van der Waals surface area contributed by atoms with E-state index >= 15 is 0 Å². The number of ketones is 1. The maximum absolute atomic E-state index is 12.5. The Hall–Kier alpha value is -2.33. The van der Waals surface area contributed by atoms with Gasteiger partial charge in [-0.1, -0.05) is 30.3 Å². The molecule has 0 spiro atoms. The number of methoxy groups -OCH3 is 2. The van der Waals surface area contributed by atoms with Crippen molar-refractivity contribution < 1.29 is 14.3 Å². The fraction of sp³-hybridized carbons (Fsp3) is 0.278.